The molecular formula is C37H50N6O8. The second-order valence-corrected chi connectivity index (χ2v) is 14.2. The maximum Gasteiger partial charge on any atom is 0.409 e. The minimum Gasteiger partial charge on any atom is -0.466 e. The lowest BCUT2D eigenvalue weighted by molar-refractivity contribution is -0.155. The lowest BCUT2D eigenvalue weighted by Crippen LogP contribution is -2.56. The number of amides is 3. The van der Waals surface area contributed by atoms with Gasteiger partial charge in [-0.3, -0.25) is 19.2 Å². The number of aromatic nitrogens is 2. The minimum atomic E-state index is -1.06. The van der Waals surface area contributed by atoms with Gasteiger partial charge in [-0.25, -0.2) is 14.8 Å². The molecule has 0 unspecified atom stereocenters. The lowest BCUT2D eigenvalue weighted by atomic mass is 10.1. The molecule has 1 N–H and O–H groups in total. The van der Waals surface area contributed by atoms with Crippen molar-refractivity contribution in [3.63, 3.8) is 0 Å². The molecule has 3 amide bonds. The molecule has 276 valence electrons. The number of unbranched alkanes of at least 4 members (excludes halogenated alkanes) is 1. The third-order valence-corrected chi connectivity index (χ3v) is 9.29. The highest BCUT2D eigenvalue weighted by Gasteiger charge is 2.60. The van der Waals surface area contributed by atoms with Gasteiger partial charge in [-0.2, -0.15) is 0 Å². The molecule has 14 nitrogen and oxygen atoms in total. The van der Waals surface area contributed by atoms with E-state index in [1.165, 1.54) is 0 Å². The van der Waals surface area contributed by atoms with Crippen molar-refractivity contribution in [2.24, 2.45) is 17.8 Å². The fourth-order valence-corrected chi connectivity index (χ4v) is 6.60. The summed E-state index contributed by atoms with van der Waals surface area (Å²) >= 11 is 0. The van der Waals surface area contributed by atoms with Crippen LogP contribution in [0.5, 0.6) is 0 Å². The van der Waals surface area contributed by atoms with Gasteiger partial charge < -0.3 is 34.2 Å². The first-order valence-corrected chi connectivity index (χ1v) is 18.0. The smallest absolute Gasteiger partial charge is 0.409 e. The van der Waals surface area contributed by atoms with Gasteiger partial charge in [0.25, 0.3) is 5.91 Å². The molecule has 4 atom stereocenters. The fraction of sp³-hybridized carbons (Fsp3) is 0.595. The van der Waals surface area contributed by atoms with Crippen LogP contribution >= 0.6 is 0 Å². The van der Waals surface area contributed by atoms with E-state index in [1.54, 1.807) is 43.6 Å². The number of carbonyl (C=O) groups is 5. The molecule has 0 bridgehead atoms. The summed E-state index contributed by atoms with van der Waals surface area (Å²) in [5.41, 5.74) is 0.0708. The number of hydrogen-bond donors (Lipinski definition) is 1. The molecule has 1 aliphatic carbocycles. The number of piperidine rings is 1. The average Bonchev–Trinajstić information content (AvgIpc) is 3.62. The van der Waals surface area contributed by atoms with Crippen molar-refractivity contribution in [3.05, 3.63) is 42.1 Å². The van der Waals surface area contributed by atoms with E-state index in [1.807, 2.05) is 42.2 Å². The van der Waals surface area contributed by atoms with Crippen LogP contribution in [0.1, 0.15) is 70.8 Å². The van der Waals surface area contributed by atoms with Gasteiger partial charge in [0, 0.05) is 57.3 Å². The molecule has 1 aromatic heterocycles. The first-order chi connectivity index (χ1) is 24.4. The van der Waals surface area contributed by atoms with Crippen LogP contribution in [-0.2, 0) is 28.6 Å². The first-order valence-electron chi connectivity index (χ1n) is 18.0. The summed E-state index contributed by atoms with van der Waals surface area (Å²) in [6.07, 6.45) is 1.18. The molecule has 0 radical (unpaired) electrons. The van der Waals surface area contributed by atoms with E-state index in [0.717, 1.165) is 12.8 Å². The Morgan fingerprint density at radius 3 is 2.22 bits per heavy atom. The number of hydrogen-bond acceptors (Lipinski definition) is 11. The highest BCUT2D eigenvalue weighted by Crippen LogP contribution is 2.53. The van der Waals surface area contributed by atoms with Gasteiger partial charge >= 0.3 is 18.0 Å². The van der Waals surface area contributed by atoms with Crippen LogP contribution in [0.3, 0.4) is 0 Å². The van der Waals surface area contributed by atoms with Crippen LogP contribution in [0.4, 0.5) is 10.6 Å². The summed E-state index contributed by atoms with van der Waals surface area (Å²) in [6, 6.07) is 9.84. The molecule has 1 aromatic carbocycles. The van der Waals surface area contributed by atoms with Gasteiger partial charge in [0.2, 0.25) is 5.91 Å². The van der Waals surface area contributed by atoms with Gasteiger partial charge in [0.1, 0.15) is 23.2 Å². The summed E-state index contributed by atoms with van der Waals surface area (Å²) in [7, 11) is 0. The van der Waals surface area contributed by atoms with Crippen LogP contribution in [0, 0.1) is 17.8 Å². The van der Waals surface area contributed by atoms with E-state index >= 15 is 0 Å². The van der Waals surface area contributed by atoms with Gasteiger partial charge in [-0.05, 0) is 52.4 Å². The number of rotatable bonds is 13. The Balaban J connectivity index is 1.33. The molecular weight excluding hydrogens is 656 g/mol. The summed E-state index contributed by atoms with van der Waals surface area (Å²) in [5.74, 6) is -0.534. The van der Waals surface area contributed by atoms with E-state index in [2.05, 4.69) is 10.3 Å². The molecule has 0 spiro atoms. The standard InChI is InChI=1S/C37H50N6O8/c1-6-8-20-50-36(48)42-18-16-41(17-19-42)34(46)27(14-15-30(44)51-37(3,4)5)39-33(45)28-21-29(40-32(38-28)24-12-10-9-11-13-24)43-22-25-26(23-43)31(25)35(47)49-7-2/h9-13,21,25-27,31H,6-8,14-20,22-23H2,1-5H3,(H,39,45)/t25-,26+,27-,31+/m0/s1. The average molecular weight is 707 g/mol. The van der Waals surface area contributed by atoms with Gasteiger partial charge in [0.05, 0.1) is 19.1 Å². The van der Waals surface area contributed by atoms with E-state index < -0.39 is 29.6 Å². The maximum absolute atomic E-state index is 14.0. The van der Waals surface area contributed by atoms with Gasteiger partial charge in [-0.1, -0.05) is 43.7 Å². The quantitative estimate of drug-likeness (QED) is 0.184. The Bertz CT molecular complexity index is 1560. The Morgan fingerprint density at radius 1 is 0.922 bits per heavy atom. The number of ether oxygens (including phenoxy) is 3. The second-order valence-electron chi connectivity index (χ2n) is 14.2. The van der Waals surface area contributed by atoms with Crippen molar-refractivity contribution in [1.29, 1.82) is 0 Å². The Kier molecular flexibility index (Phi) is 12.1. The molecule has 2 aromatic rings. The predicted molar refractivity (Wildman–Crippen MR) is 188 cm³/mol. The third kappa shape index (κ3) is 9.73. The molecule has 3 heterocycles. The van der Waals surface area contributed by atoms with Crippen molar-refractivity contribution in [2.45, 2.75) is 71.9 Å². The molecule has 5 rings (SSSR count). The van der Waals surface area contributed by atoms with Crippen molar-refractivity contribution in [1.82, 2.24) is 25.1 Å². The summed E-state index contributed by atoms with van der Waals surface area (Å²) in [6.45, 7) is 12.0. The second kappa shape index (κ2) is 16.5. The number of nitrogens with one attached hydrogen (secondary N) is 1. The number of esters is 2. The van der Waals surface area contributed by atoms with E-state index in [-0.39, 0.29) is 74.3 Å². The summed E-state index contributed by atoms with van der Waals surface area (Å²) in [5, 5.41) is 2.85. The van der Waals surface area contributed by atoms with Crippen molar-refractivity contribution >= 4 is 35.7 Å². The third-order valence-electron chi connectivity index (χ3n) is 9.29. The van der Waals surface area contributed by atoms with Crippen LogP contribution in [0.15, 0.2) is 36.4 Å². The zero-order chi connectivity index (χ0) is 36.7. The largest absolute Gasteiger partial charge is 0.466 e. The number of carbonyl (C=O) groups excluding carboxylic acids is 5. The first kappa shape index (κ1) is 37.5. The van der Waals surface area contributed by atoms with Crippen LogP contribution in [0.2, 0.25) is 0 Å². The Hall–Kier alpha value is -4.75. The molecule has 1 saturated carbocycles. The zero-order valence-electron chi connectivity index (χ0n) is 30.3. The van der Waals surface area contributed by atoms with Crippen LogP contribution in [0.25, 0.3) is 11.4 Å². The maximum atomic E-state index is 14.0. The molecule has 2 aliphatic heterocycles. The molecule has 3 aliphatic rings. The van der Waals surface area contributed by atoms with Crippen molar-refractivity contribution in [2.75, 3.05) is 57.4 Å². The number of fused-ring (bicyclic) bond motifs is 1. The van der Waals surface area contributed by atoms with Gasteiger partial charge in [0.15, 0.2) is 5.82 Å². The number of piperazine rings is 1. The Morgan fingerprint density at radius 2 is 1.59 bits per heavy atom. The highest BCUT2D eigenvalue weighted by molar-refractivity contribution is 5.97. The monoisotopic (exact) mass is 706 g/mol. The van der Waals surface area contributed by atoms with E-state index in [4.69, 9.17) is 19.2 Å². The van der Waals surface area contributed by atoms with Crippen molar-refractivity contribution < 1.29 is 38.2 Å². The number of nitrogens with zero attached hydrogens (tertiary/aromatic N) is 5. The summed E-state index contributed by atoms with van der Waals surface area (Å²) in [4.78, 5) is 80.1. The molecule has 14 heteroatoms. The SMILES string of the molecule is CCCCOC(=O)N1CCN(C(=O)[C@H](CCC(=O)OC(C)(C)C)NC(=O)c2cc(N3C[C@@H]4[C@H](C3)[C@H]4C(=O)OCC)nc(-c3ccccc3)n2)CC1. The minimum absolute atomic E-state index is 0.00692. The number of anilines is 1. The molecule has 2 saturated heterocycles. The van der Waals surface area contributed by atoms with E-state index in [0.29, 0.717) is 43.5 Å². The summed E-state index contributed by atoms with van der Waals surface area (Å²) < 4.78 is 16.1. The highest BCUT2D eigenvalue weighted by atomic mass is 16.6. The van der Waals surface area contributed by atoms with Crippen LogP contribution in [-0.4, -0.2) is 114 Å². The normalized spacial score (nSPS) is 20.3. The molecule has 51 heavy (non-hydrogen) atoms. The van der Waals surface area contributed by atoms with Gasteiger partial charge in [-0.15, -0.1) is 0 Å². The number of benzene rings is 1. The zero-order valence-corrected chi connectivity index (χ0v) is 30.3. The fourth-order valence-electron chi connectivity index (χ4n) is 6.60. The lowest BCUT2D eigenvalue weighted by Gasteiger charge is -2.36. The topological polar surface area (TPSA) is 161 Å². The Labute approximate surface area is 299 Å². The molecule has 3 fully saturated rings. The predicted octanol–water partition coefficient (Wildman–Crippen LogP) is 3.69. The van der Waals surface area contributed by atoms with Crippen molar-refractivity contribution in [3.8, 4) is 11.4 Å². The van der Waals surface area contributed by atoms with E-state index in [9.17, 15) is 24.0 Å². The van der Waals surface area contributed by atoms with Crippen LogP contribution < -0.4 is 10.2 Å².